The molecule has 3 nitrogen and oxygen atoms in total. The first kappa shape index (κ1) is 15.4. The van der Waals surface area contributed by atoms with E-state index in [1.165, 1.54) is 19.3 Å². The first-order valence-electron chi connectivity index (χ1n) is 7.23. The summed E-state index contributed by atoms with van der Waals surface area (Å²) in [5, 5.41) is 3.04. The number of carbonyl (C=O) groups is 1. The highest BCUT2D eigenvalue weighted by molar-refractivity contribution is 7.80. The molecule has 0 aromatic rings. The van der Waals surface area contributed by atoms with Crippen LogP contribution in [0.15, 0.2) is 0 Å². The van der Waals surface area contributed by atoms with E-state index in [-0.39, 0.29) is 11.9 Å². The molecule has 4 heteroatoms. The maximum absolute atomic E-state index is 11.8. The van der Waals surface area contributed by atoms with E-state index in [9.17, 15) is 4.79 Å². The second-order valence-electron chi connectivity index (χ2n) is 5.30. The molecule has 1 aliphatic carbocycles. The molecular formula is C14H26N2OS. The van der Waals surface area contributed by atoms with Crippen molar-refractivity contribution in [2.45, 2.75) is 70.8 Å². The molecule has 1 amide bonds. The largest absolute Gasteiger partial charge is 0.392 e. The molecule has 1 atom stereocenters. The highest BCUT2D eigenvalue weighted by atomic mass is 32.1. The van der Waals surface area contributed by atoms with Gasteiger partial charge in [0, 0.05) is 6.42 Å². The van der Waals surface area contributed by atoms with Crippen LogP contribution in [0.1, 0.15) is 64.7 Å². The minimum atomic E-state index is -0.0885. The fraction of sp³-hybridized carbons (Fsp3) is 0.857. The van der Waals surface area contributed by atoms with Crippen molar-refractivity contribution < 1.29 is 4.79 Å². The summed E-state index contributed by atoms with van der Waals surface area (Å²) < 4.78 is 0. The van der Waals surface area contributed by atoms with Crippen LogP contribution in [0.25, 0.3) is 0 Å². The van der Waals surface area contributed by atoms with Gasteiger partial charge in [0.1, 0.15) is 0 Å². The maximum Gasteiger partial charge on any atom is 0.220 e. The minimum Gasteiger partial charge on any atom is -0.392 e. The van der Waals surface area contributed by atoms with Gasteiger partial charge in [-0.25, -0.2) is 0 Å². The quantitative estimate of drug-likeness (QED) is 0.552. The summed E-state index contributed by atoms with van der Waals surface area (Å²) in [5.74, 6) is 0.554. The van der Waals surface area contributed by atoms with E-state index in [1.54, 1.807) is 0 Å². The predicted molar refractivity (Wildman–Crippen MR) is 79.4 cm³/mol. The normalized spacial score (nSPS) is 18.3. The van der Waals surface area contributed by atoms with Gasteiger partial charge in [-0.1, -0.05) is 51.2 Å². The lowest BCUT2D eigenvalue weighted by Gasteiger charge is -2.30. The van der Waals surface area contributed by atoms with Gasteiger partial charge in [-0.15, -0.1) is 0 Å². The molecule has 18 heavy (non-hydrogen) atoms. The second-order valence-corrected chi connectivity index (χ2v) is 5.77. The van der Waals surface area contributed by atoms with E-state index in [4.69, 9.17) is 18.0 Å². The third-order valence-electron chi connectivity index (χ3n) is 3.75. The molecule has 0 aromatic heterocycles. The van der Waals surface area contributed by atoms with E-state index in [0.717, 1.165) is 32.1 Å². The molecule has 0 aliphatic heterocycles. The van der Waals surface area contributed by atoms with E-state index in [1.807, 2.05) is 0 Å². The van der Waals surface area contributed by atoms with Gasteiger partial charge in [0.05, 0.1) is 11.0 Å². The zero-order valence-electron chi connectivity index (χ0n) is 11.4. The van der Waals surface area contributed by atoms with Gasteiger partial charge >= 0.3 is 0 Å². The summed E-state index contributed by atoms with van der Waals surface area (Å²) in [6, 6.07) is -0.0885. The third-order valence-corrected chi connectivity index (χ3v) is 4.01. The second kappa shape index (κ2) is 8.46. The van der Waals surface area contributed by atoms with Crippen molar-refractivity contribution in [1.82, 2.24) is 5.32 Å². The van der Waals surface area contributed by atoms with Crippen molar-refractivity contribution in [2.24, 2.45) is 11.7 Å². The number of nitrogens with one attached hydrogen (secondary N) is 1. The summed E-state index contributed by atoms with van der Waals surface area (Å²) in [7, 11) is 0. The maximum atomic E-state index is 11.8. The van der Waals surface area contributed by atoms with Crippen LogP contribution >= 0.6 is 12.2 Å². The number of nitrogens with two attached hydrogens (primary N) is 1. The SMILES string of the molecule is CCCCCC(=O)NC(C(N)=S)C1CCCCC1. The molecule has 1 saturated carbocycles. The van der Waals surface area contributed by atoms with Crippen LogP contribution in [0.5, 0.6) is 0 Å². The van der Waals surface area contributed by atoms with E-state index in [2.05, 4.69) is 12.2 Å². The number of rotatable bonds is 7. The van der Waals surface area contributed by atoms with Gasteiger partial charge in [0.2, 0.25) is 5.91 Å². The first-order valence-corrected chi connectivity index (χ1v) is 7.64. The van der Waals surface area contributed by atoms with Crippen molar-refractivity contribution >= 4 is 23.1 Å². The molecule has 3 N–H and O–H groups in total. The smallest absolute Gasteiger partial charge is 0.220 e. The van der Waals surface area contributed by atoms with Crippen LogP contribution in [0.3, 0.4) is 0 Å². The number of hydrogen-bond acceptors (Lipinski definition) is 2. The molecule has 0 aromatic carbocycles. The molecule has 1 unspecified atom stereocenters. The summed E-state index contributed by atoms with van der Waals surface area (Å²) in [6.07, 6.45) is 9.82. The Bertz CT molecular complexity index is 275. The van der Waals surface area contributed by atoms with Gasteiger partial charge < -0.3 is 11.1 Å². The van der Waals surface area contributed by atoms with Gasteiger partial charge in [-0.3, -0.25) is 4.79 Å². The van der Waals surface area contributed by atoms with Crippen molar-refractivity contribution in [3.63, 3.8) is 0 Å². The summed E-state index contributed by atoms with van der Waals surface area (Å²) >= 11 is 5.11. The standard InChI is InChI=1S/C14H26N2OS/c1-2-3-5-10-12(17)16-13(14(15)18)11-8-6-4-7-9-11/h11,13H,2-10H2,1H3,(H2,15,18)(H,16,17). The monoisotopic (exact) mass is 270 g/mol. The van der Waals surface area contributed by atoms with E-state index >= 15 is 0 Å². The van der Waals surface area contributed by atoms with Crippen molar-refractivity contribution in [1.29, 1.82) is 0 Å². The number of hydrogen-bond donors (Lipinski definition) is 2. The van der Waals surface area contributed by atoms with Crippen LogP contribution in [0, 0.1) is 5.92 Å². The minimum absolute atomic E-state index is 0.0885. The van der Waals surface area contributed by atoms with Gasteiger partial charge in [-0.05, 0) is 25.2 Å². The Morgan fingerprint density at radius 1 is 1.33 bits per heavy atom. The predicted octanol–water partition coefficient (Wildman–Crippen LogP) is 2.92. The summed E-state index contributed by atoms with van der Waals surface area (Å²) in [6.45, 7) is 2.14. The molecule has 0 heterocycles. The molecule has 1 rings (SSSR count). The molecular weight excluding hydrogens is 244 g/mol. The molecule has 104 valence electrons. The average molecular weight is 270 g/mol. The zero-order valence-corrected chi connectivity index (χ0v) is 12.2. The third kappa shape index (κ3) is 5.34. The molecule has 0 bridgehead atoms. The first-order chi connectivity index (χ1) is 8.65. The number of unbranched alkanes of at least 4 members (excludes halogenated alkanes) is 2. The number of amides is 1. The van der Waals surface area contributed by atoms with Crippen LogP contribution in [-0.4, -0.2) is 16.9 Å². The van der Waals surface area contributed by atoms with Crippen LogP contribution in [-0.2, 0) is 4.79 Å². The number of thiocarbonyl (C=S) groups is 1. The van der Waals surface area contributed by atoms with Crippen molar-refractivity contribution in [2.75, 3.05) is 0 Å². The Kier molecular flexibility index (Phi) is 7.25. The molecule has 0 saturated heterocycles. The Balaban J connectivity index is 2.41. The highest BCUT2D eigenvalue weighted by Crippen LogP contribution is 2.26. The fourth-order valence-corrected chi connectivity index (χ4v) is 2.92. The van der Waals surface area contributed by atoms with E-state index < -0.39 is 0 Å². The van der Waals surface area contributed by atoms with Crippen molar-refractivity contribution in [3.8, 4) is 0 Å². The van der Waals surface area contributed by atoms with E-state index in [0.29, 0.717) is 17.3 Å². The number of carbonyl (C=O) groups excluding carboxylic acids is 1. The Hall–Kier alpha value is -0.640. The van der Waals surface area contributed by atoms with Crippen LogP contribution in [0.4, 0.5) is 0 Å². The Morgan fingerprint density at radius 2 is 2.00 bits per heavy atom. The fourth-order valence-electron chi connectivity index (χ4n) is 2.67. The molecule has 0 radical (unpaired) electrons. The lowest BCUT2D eigenvalue weighted by atomic mass is 9.83. The zero-order chi connectivity index (χ0) is 13.4. The van der Waals surface area contributed by atoms with Crippen LogP contribution < -0.4 is 11.1 Å². The molecule has 1 fully saturated rings. The lowest BCUT2D eigenvalue weighted by molar-refractivity contribution is -0.121. The van der Waals surface area contributed by atoms with Gasteiger partial charge in [0.15, 0.2) is 0 Å². The summed E-state index contributed by atoms with van der Waals surface area (Å²) in [5.41, 5.74) is 5.79. The van der Waals surface area contributed by atoms with Crippen molar-refractivity contribution in [3.05, 3.63) is 0 Å². The molecule has 1 aliphatic rings. The molecule has 0 spiro atoms. The highest BCUT2D eigenvalue weighted by Gasteiger charge is 2.26. The van der Waals surface area contributed by atoms with Crippen LogP contribution in [0.2, 0.25) is 0 Å². The average Bonchev–Trinajstić information content (AvgIpc) is 2.37. The van der Waals surface area contributed by atoms with Gasteiger partial charge in [-0.2, -0.15) is 0 Å². The Morgan fingerprint density at radius 3 is 2.56 bits per heavy atom. The lowest BCUT2D eigenvalue weighted by Crippen LogP contribution is -2.48. The summed E-state index contributed by atoms with van der Waals surface area (Å²) in [4.78, 5) is 12.3. The Labute approximate surface area is 116 Å². The van der Waals surface area contributed by atoms with Gasteiger partial charge in [0.25, 0.3) is 0 Å². The topological polar surface area (TPSA) is 55.1 Å².